The van der Waals surface area contributed by atoms with Gasteiger partial charge in [-0.2, -0.15) is 0 Å². The standard InChI is InChI=1S/C18H19N2O2/c1-3-10-19-11(2)20(12-8-9-12)16-15(19)17(21)13-6-4-5-7-14(13)18(16)22/h4-7,12H,3,8-10H2,1-2H3/q+1. The Balaban J connectivity index is 2.03. The second-order valence-corrected chi connectivity index (χ2v) is 6.20. The minimum Gasteiger partial charge on any atom is -0.284 e. The first-order valence-corrected chi connectivity index (χ1v) is 7.98. The summed E-state index contributed by atoms with van der Waals surface area (Å²) in [6.45, 7) is 4.89. The van der Waals surface area contributed by atoms with Gasteiger partial charge in [0.1, 0.15) is 6.04 Å². The van der Waals surface area contributed by atoms with Crippen molar-refractivity contribution in [1.82, 2.24) is 4.57 Å². The van der Waals surface area contributed by atoms with E-state index in [4.69, 9.17) is 0 Å². The Hall–Kier alpha value is -2.23. The normalized spacial score (nSPS) is 16.6. The van der Waals surface area contributed by atoms with E-state index < -0.39 is 0 Å². The fourth-order valence-electron chi connectivity index (χ4n) is 3.55. The van der Waals surface area contributed by atoms with Crippen LogP contribution >= 0.6 is 0 Å². The quantitative estimate of drug-likeness (QED) is 0.697. The molecule has 0 amide bonds. The lowest BCUT2D eigenvalue weighted by molar-refractivity contribution is -0.704. The van der Waals surface area contributed by atoms with E-state index in [1.807, 2.05) is 23.6 Å². The van der Waals surface area contributed by atoms with Gasteiger partial charge in [0.25, 0.3) is 5.82 Å². The topological polar surface area (TPSA) is 43.0 Å². The zero-order valence-corrected chi connectivity index (χ0v) is 12.9. The minimum absolute atomic E-state index is 0.00458. The van der Waals surface area contributed by atoms with Crippen molar-refractivity contribution < 1.29 is 14.2 Å². The van der Waals surface area contributed by atoms with Crippen LogP contribution in [0.15, 0.2) is 24.3 Å². The summed E-state index contributed by atoms with van der Waals surface area (Å²) in [5, 5.41) is 0. The third-order valence-electron chi connectivity index (χ3n) is 4.68. The van der Waals surface area contributed by atoms with E-state index in [9.17, 15) is 9.59 Å². The third kappa shape index (κ3) is 1.67. The number of aromatic nitrogens is 2. The summed E-state index contributed by atoms with van der Waals surface area (Å²) in [7, 11) is 0. The summed E-state index contributed by atoms with van der Waals surface area (Å²) in [4.78, 5) is 26.0. The summed E-state index contributed by atoms with van der Waals surface area (Å²) < 4.78 is 4.16. The van der Waals surface area contributed by atoms with Gasteiger partial charge in [-0.1, -0.05) is 31.2 Å². The van der Waals surface area contributed by atoms with Crippen LogP contribution in [-0.2, 0) is 6.54 Å². The summed E-state index contributed by atoms with van der Waals surface area (Å²) in [5.74, 6) is 1.01. The summed E-state index contributed by atoms with van der Waals surface area (Å²) in [6, 6.07) is 7.56. The molecule has 2 aromatic rings. The van der Waals surface area contributed by atoms with Gasteiger partial charge in [0, 0.05) is 18.1 Å². The molecule has 0 saturated heterocycles. The zero-order valence-electron chi connectivity index (χ0n) is 12.9. The maximum absolute atomic E-state index is 13.0. The molecule has 22 heavy (non-hydrogen) atoms. The molecule has 4 heteroatoms. The number of nitrogens with zero attached hydrogens (tertiary/aromatic N) is 2. The Morgan fingerprint density at radius 3 is 2.36 bits per heavy atom. The summed E-state index contributed by atoms with van der Waals surface area (Å²) in [5.41, 5.74) is 2.29. The van der Waals surface area contributed by atoms with Gasteiger partial charge in [-0.25, -0.2) is 9.13 Å². The first-order valence-electron chi connectivity index (χ1n) is 7.98. The molecule has 0 spiro atoms. The van der Waals surface area contributed by atoms with Crippen LogP contribution in [0.5, 0.6) is 0 Å². The van der Waals surface area contributed by atoms with Gasteiger partial charge in [-0.15, -0.1) is 0 Å². The first-order chi connectivity index (χ1) is 10.6. The van der Waals surface area contributed by atoms with Gasteiger partial charge in [0.2, 0.25) is 23.0 Å². The van der Waals surface area contributed by atoms with Crippen molar-refractivity contribution in [2.24, 2.45) is 0 Å². The Kier molecular flexibility index (Phi) is 2.83. The van der Waals surface area contributed by atoms with Gasteiger partial charge < -0.3 is 0 Å². The lowest BCUT2D eigenvalue weighted by Crippen LogP contribution is -2.43. The van der Waals surface area contributed by atoms with E-state index in [-0.39, 0.29) is 11.6 Å². The molecule has 0 radical (unpaired) electrons. The number of rotatable bonds is 3. The fourth-order valence-corrected chi connectivity index (χ4v) is 3.55. The molecule has 1 aromatic heterocycles. The highest BCUT2D eigenvalue weighted by molar-refractivity contribution is 6.26. The van der Waals surface area contributed by atoms with E-state index in [0.717, 1.165) is 31.6 Å². The van der Waals surface area contributed by atoms with Crippen LogP contribution in [0.25, 0.3) is 0 Å². The molecular formula is C18H19N2O2+. The number of carbonyl (C=O) groups excluding carboxylic acids is 2. The number of carbonyl (C=O) groups is 2. The van der Waals surface area contributed by atoms with Gasteiger partial charge >= 0.3 is 0 Å². The zero-order chi connectivity index (χ0) is 15.4. The van der Waals surface area contributed by atoms with Crippen molar-refractivity contribution in [1.29, 1.82) is 0 Å². The molecule has 4 nitrogen and oxygen atoms in total. The van der Waals surface area contributed by atoms with Gasteiger partial charge in [-0.3, -0.25) is 9.59 Å². The molecule has 4 rings (SSSR count). The first kappa shape index (κ1) is 13.4. The van der Waals surface area contributed by atoms with Gasteiger partial charge in [0.05, 0.1) is 6.54 Å². The van der Waals surface area contributed by atoms with E-state index in [0.29, 0.717) is 28.6 Å². The molecule has 2 aliphatic carbocycles. The maximum Gasteiger partial charge on any atom is 0.254 e. The highest BCUT2D eigenvalue weighted by atomic mass is 16.1. The van der Waals surface area contributed by atoms with Crippen molar-refractivity contribution >= 4 is 11.6 Å². The fraction of sp³-hybridized carbons (Fsp3) is 0.389. The molecule has 1 aromatic carbocycles. The second-order valence-electron chi connectivity index (χ2n) is 6.20. The SMILES string of the molecule is CCC[n+]1c2c(n(C3CC3)c1C)C(=O)c1ccccc1C2=O. The Morgan fingerprint density at radius 1 is 1.14 bits per heavy atom. The van der Waals surface area contributed by atoms with E-state index >= 15 is 0 Å². The van der Waals surface area contributed by atoms with Crippen LogP contribution in [0.2, 0.25) is 0 Å². The molecule has 0 bridgehead atoms. The van der Waals surface area contributed by atoms with E-state index in [2.05, 4.69) is 11.5 Å². The Labute approximate surface area is 129 Å². The Bertz CT molecular complexity index is 813. The van der Waals surface area contributed by atoms with Crippen molar-refractivity contribution in [3.05, 3.63) is 52.6 Å². The molecule has 0 atom stereocenters. The minimum atomic E-state index is -0.0128. The monoisotopic (exact) mass is 295 g/mol. The smallest absolute Gasteiger partial charge is 0.254 e. The number of benzene rings is 1. The van der Waals surface area contributed by atoms with Crippen LogP contribution in [0.1, 0.15) is 70.2 Å². The predicted molar refractivity (Wildman–Crippen MR) is 81.2 cm³/mol. The van der Waals surface area contributed by atoms with Crippen LogP contribution in [0.4, 0.5) is 0 Å². The van der Waals surface area contributed by atoms with Crippen LogP contribution in [0.3, 0.4) is 0 Å². The van der Waals surface area contributed by atoms with Gasteiger partial charge in [0.15, 0.2) is 0 Å². The average molecular weight is 295 g/mol. The van der Waals surface area contributed by atoms with Crippen molar-refractivity contribution in [2.45, 2.75) is 45.7 Å². The van der Waals surface area contributed by atoms with Crippen molar-refractivity contribution in [2.75, 3.05) is 0 Å². The third-order valence-corrected chi connectivity index (χ3v) is 4.68. The molecular weight excluding hydrogens is 276 g/mol. The summed E-state index contributed by atoms with van der Waals surface area (Å²) in [6.07, 6.45) is 3.13. The number of hydrogen-bond donors (Lipinski definition) is 0. The maximum atomic E-state index is 13.0. The molecule has 0 unspecified atom stereocenters. The molecule has 1 fully saturated rings. The molecule has 1 saturated carbocycles. The molecule has 0 aliphatic heterocycles. The van der Waals surface area contributed by atoms with Gasteiger partial charge in [-0.05, 0) is 19.3 Å². The van der Waals surface area contributed by atoms with E-state index in [1.165, 1.54) is 0 Å². The Morgan fingerprint density at radius 2 is 1.77 bits per heavy atom. The molecule has 112 valence electrons. The lowest BCUT2D eigenvalue weighted by Gasteiger charge is -2.12. The number of imidazole rings is 1. The van der Waals surface area contributed by atoms with Crippen molar-refractivity contribution in [3.8, 4) is 0 Å². The molecule has 1 heterocycles. The van der Waals surface area contributed by atoms with Crippen LogP contribution < -0.4 is 4.57 Å². The number of hydrogen-bond acceptors (Lipinski definition) is 2. The second kappa shape index (κ2) is 4.63. The highest BCUT2D eigenvalue weighted by Crippen LogP contribution is 2.39. The van der Waals surface area contributed by atoms with E-state index in [1.54, 1.807) is 12.1 Å². The lowest BCUT2D eigenvalue weighted by atomic mass is 9.90. The van der Waals surface area contributed by atoms with Crippen LogP contribution in [0, 0.1) is 6.92 Å². The van der Waals surface area contributed by atoms with Crippen LogP contribution in [-0.4, -0.2) is 16.1 Å². The molecule has 0 N–H and O–H groups in total. The largest absolute Gasteiger partial charge is 0.284 e. The highest BCUT2D eigenvalue weighted by Gasteiger charge is 2.46. The molecule has 2 aliphatic rings. The summed E-state index contributed by atoms with van der Waals surface area (Å²) >= 11 is 0. The number of fused-ring (bicyclic) bond motifs is 2. The van der Waals surface area contributed by atoms with Crippen molar-refractivity contribution in [3.63, 3.8) is 0 Å². The predicted octanol–water partition coefficient (Wildman–Crippen LogP) is 2.60. The number of ketones is 2. The average Bonchev–Trinajstić information content (AvgIpc) is 3.31.